The highest BCUT2D eigenvalue weighted by atomic mass is 16.5. The van der Waals surface area contributed by atoms with Gasteiger partial charge in [-0.05, 0) is 44.2 Å². The lowest BCUT2D eigenvalue weighted by atomic mass is 10.1. The maximum absolute atomic E-state index is 9.18. The number of ether oxygens (including phenoxy) is 1. The van der Waals surface area contributed by atoms with Crippen molar-refractivity contribution in [3.63, 3.8) is 0 Å². The van der Waals surface area contributed by atoms with E-state index < -0.39 is 0 Å². The van der Waals surface area contributed by atoms with Crippen LogP contribution in [-0.4, -0.2) is 18.1 Å². The van der Waals surface area contributed by atoms with Gasteiger partial charge in [-0.2, -0.15) is 5.26 Å². The molecule has 0 aliphatic rings. The van der Waals surface area contributed by atoms with Gasteiger partial charge in [0.25, 0.3) is 0 Å². The van der Waals surface area contributed by atoms with Gasteiger partial charge in [-0.25, -0.2) is 0 Å². The highest BCUT2D eigenvalue weighted by Crippen LogP contribution is 2.18. The molecule has 5 nitrogen and oxygen atoms in total. The van der Waals surface area contributed by atoms with Crippen LogP contribution in [0.25, 0.3) is 0 Å². The average molecular weight is 282 g/mol. The zero-order chi connectivity index (χ0) is 15.2. The Hall–Kier alpha value is -2.74. The summed E-state index contributed by atoms with van der Waals surface area (Å²) in [6.45, 7) is 4.84. The number of aromatic nitrogens is 1. The second-order valence-electron chi connectivity index (χ2n) is 4.73. The molecule has 0 saturated heterocycles. The minimum absolute atomic E-state index is 0.495. The third kappa shape index (κ3) is 3.86. The molecule has 0 aliphatic heterocycles. The second kappa shape index (κ2) is 6.62. The van der Waals surface area contributed by atoms with Crippen molar-refractivity contribution in [1.82, 2.24) is 4.98 Å². The average Bonchev–Trinajstić information content (AvgIpc) is 2.45. The number of pyridine rings is 1. The molecule has 21 heavy (non-hydrogen) atoms. The van der Waals surface area contributed by atoms with Gasteiger partial charge >= 0.3 is 0 Å². The normalized spacial score (nSPS) is 9.95. The zero-order valence-corrected chi connectivity index (χ0v) is 12.2. The van der Waals surface area contributed by atoms with Gasteiger partial charge in [0.05, 0.1) is 16.9 Å². The maximum Gasteiger partial charge on any atom is 0.119 e. The van der Waals surface area contributed by atoms with Gasteiger partial charge < -0.3 is 15.8 Å². The SMILES string of the molecule is Cc1cc(NCCOc2ccc(N)cc2)c(C#N)c(C)n1. The van der Waals surface area contributed by atoms with E-state index in [0.29, 0.717) is 24.4 Å². The standard InChI is InChI=1S/C16H18N4O/c1-11-9-16(15(10-17)12(2)20-11)19-7-8-21-14-5-3-13(18)4-6-14/h3-6,9H,7-8,18H2,1-2H3,(H,19,20). The van der Waals surface area contributed by atoms with Crippen LogP contribution in [0.1, 0.15) is 17.0 Å². The summed E-state index contributed by atoms with van der Waals surface area (Å²) in [4.78, 5) is 4.28. The largest absolute Gasteiger partial charge is 0.492 e. The van der Waals surface area contributed by atoms with Crippen molar-refractivity contribution < 1.29 is 4.74 Å². The van der Waals surface area contributed by atoms with Crippen LogP contribution in [0.4, 0.5) is 11.4 Å². The van der Waals surface area contributed by atoms with Gasteiger partial charge in [-0.15, -0.1) is 0 Å². The number of aryl methyl sites for hydroxylation is 2. The minimum Gasteiger partial charge on any atom is -0.492 e. The fourth-order valence-corrected chi connectivity index (χ4v) is 2.03. The van der Waals surface area contributed by atoms with Crippen LogP contribution in [0.5, 0.6) is 5.75 Å². The Labute approximate surface area is 124 Å². The first-order valence-electron chi connectivity index (χ1n) is 6.70. The van der Waals surface area contributed by atoms with Gasteiger partial charge in [0.2, 0.25) is 0 Å². The van der Waals surface area contributed by atoms with Crippen LogP contribution in [0.2, 0.25) is 0 Å². The third-order valence-corrected chi connectivity index (χ3v) is 3.01. The van der Waals surface area contributed by atoms with E-state index in [2.05, 4.69) is 16.4 Å². The maximum atomic E-state index is 9.18. The Kier molecular flexibility index (Phi) is 4.62. The molecule has 0 atom stereocenters. The van der Waals surface area contributed by atoms with E-state index in [-0.39, 0.29) is 0 Å². The van der Waals surface area contributed by atoms with Crippen molar-refractivity contribution in [2.75, 3.05) is 24.2 Å². The molecule has 108 valence electrons. The zero-order valence-electron chi connectivity index (χ0n) is 12.2. The molecule has 2 rings (SSSR count). The molecule has 0 bridgehead atoms. The van der Waals surface area contributed by atoms with E-state index in [1.807, 2.05) is 32.0 Å². The number of nitrogens with one attached hydrogen (secondary N) is 1. The molecule has 0 spiro atoms. The smallest absolute Gasteiger partial charge is 0.119 e. The Morgan fingerprint density at radius 2 is 2.00 bits per heavy atom. The number of anilines is 2. The first kappa shape index (κ1) is 14.7. The highest BCUT2D eigenvalue weighted by molar-refractivity contribution is 5.59. The van der Waals surface area contributed by atoms with Gasteiger partial charge in [0, 0.05) is 17.9 Å². The van der Waals surface area contributed by atoms with Crippen LogP contribution in [0.3, 0.4) is 0 Å². The molecule has 1 aromatic heterocycles. The summed E-state index contributed by atoms with van der Waals surface area (Å²) in [5.74, 6) is 0.772. The number of benzene rings is 1. The number of nitrogen functional groups attached to an aromatic ring is 1. The van der Waals surface area contributed by atoms with Crippen LogP contribution < -0.4 is 15.8 Å². The summed E-state index contributed by atoms with van der Waals surface area (Å²) in [6, 6.07) is 11.3. The first-order valence-corrected chi connectivity index (χ1v) is 6.70. The fraction of sp³-hybridized carbons (Fsp3) is 0.250. The molecular formula is C16H18N4O. The summed E-state index contributed by atoms with van der Waals surface area (Å²) < 4.78 is 5.60. The van der Waals surface area contributed by atoms with Crippen molar-refractivity contribution in [2.24, 2.45) is 0 Å². The van der Waals surface area contributed by atoms with Crippen molar-refractivity contribution in [3.8, 4) is 11.8 Å². The van der Waals surface area contributed by atoms with Gasteiger partial charge in [0.1, 0.15) is 18.4 Å². The lowest BCUT2D eigenvalue weighted by Crippen LogP contribution is -2.13. The molecule has 5 heteroatoms. The molecule has 1 heterocycles. The Bertz CT molecular complexity index is 659. The van der Waals surface area contributed by atoms with Crippen molar-refractivity contribution in [1.29, 1.82) is 5.26 Å². The van der Waals surface area contributed by atoms with E-state index in [0.717, 1.165) is 22.8 Å². The lowest BCUT2D eigenvalue weighted by Gasteiger charge is -2.11. The van der Waals surface area contributed by atoms with Crippen LogP contribution in [-0.2, 0) is 0 Å². The predicted octanol–water partition coefficient (Wildman–Crippen LogP) is 2.64. The summed E-state index contributed by atoms with van der Waals surface area (Å²) in [5, 5.41) is 12.4. The minimum atomic E-state index is 0.495. The molecule has 0 radical (unpaired) electrons. The highest BCUT2D eigenvalue weighted by Gasteiger charge is 2.07. The Morgan fingerprint density at radius 3 is 2.67 bits per heavy atom. The fourth-order valence-electron chi connectivity index (χ4n) is 2.03. The van der Waals surface area contributed by atoms with Gasteiger partial charge in [0.15, 0.2) is 0 Å². The Morgan fingerprint density at radius 1 is 1.29 bits per heavy atom. The monoisotopic (exact) mass is 282 g/mol. The first-order chi connectivity index (χ1) is 10.1. The number of nitrogens with zero attached hydrogens (tertiary/aromatic N) is 2. The van der Waals surface area contributed by atoms with Crippen LogP contribution in [0, 0.1) is 25.2 Å². The topological polar surface area (TPSA) is 84.0 Å². The van der Waals surface area contributed by atoms with Gasteiger partial charge in [-0.1, -0.05) is 0 Å². The molecule has 3 N–H and O–H groups in total. The van der Waals surface area contributed by atoms with Crippen LogP contribution >= 0.6 is 0 Å². The van der Waals surface area contributed by atoms with E-state index >= 15 is 0 Å². The number of hydrogen-bond donors (Lipinski definition) is 2. The predicted molar refractivity (Wildman–Crippen MR) is 83.3 cm³/mol. The van der Waals surface area contributed by atoms with Crippen LogP contribution in [0.15, 0.2) is 30.3 Å². The summed E-state index contributed by atoms with van der Waals surface area (Å²) in [7, 11) is 0. The molecule has 0 unspecified atom stereocenters. The van der Waals surface area contributed by atoms with Gasteiger partial charge in [-0.3, -0.25) is 4.98 Å². The molecule has 0 amide bonds. The molecule has 0 saturated carbocycles. The number of hydrogen-bond acceptors (Lipinski definition) is 5. The number of nitrogens with two attached hydrogens (primary N) is 1. The summed E-state index contributed by atoms with van der Waals surface area (Å²) in [5.41, 5.74) is 9.31. The number of rotatable bonds is 5. The van der Waals surface area contributed by atoms with E-state index in [1.165, 1.54) is 0 Å². The molecule has 0 aliphatic carbocycles. The lowest BCUT2D eigenvalue weighted by molar-refractivity contribution is 0.333. The molecule has 0 fully saturated rings. The van der Waals surface area contributed by atoms with Crippen molar-refractivity contribution >= 4 is 11.4 Å². The molecular weight excluding hydrogens is 264 g/mol. The van der Waals surface area contributed by atoms with E-state index in [1.54, 1.807) is 12.1 Å². The van der Waals surface area contributed by atoms with Crippen molar-refractivity contribution in [3.05, 3.63) is 47.3 Å². The number of nitriles is 1. The van der Waals surface area contributed by atoms with E-state index in [4.69, 9.17) is 10.5 Å². The van der Waals surface area contributed by atoms with E-state index in [9.17, 15) is 5.26 Å². The summed E-state index contributed by atoms with van der Waals surface area (Å²) in [6.07, 6.45) is 0. The quantitative estimate of drug-likeness (QED) is 0.650. The second-order valence-corrected chi connectivity index (χ2v) is 4.73. The third-order valence-electron chi connectivity index (χ3n) is 3.01. The molecule has 1 aromatic carbocycles. The van der Waals surface area contributed by atoms with Crippen molar-refractivity contribution in [2.45, 2.75) is 13.8 Å². The Balaban J connectivity index is 1.92. The molecule has 2 aromatic rings. The summed E-state index contributed by atoms with van der Waals surface area (Å²) >= 11 is 0.